The Bertz CT molecular complexity index is 658. The zero-order valence-electron chi connectivity index (χ0n) is 11.1. The number of hydrogen-bond acceptors (Lipinski definition) is 2. The lowest BCUT2D eigenvalue weighted by atomic mass is 10.1. The average Bonchev–Trinajstić information content (AvgIpc) is 2.42. The van der Waals surface area contributed by atoms with E-state index in [1.807, 2.05) is 25.1 Å². The molecular weight excluding hydrogens is 340 g/mol. The molecule has 3 nitrogen and oxygen atoms in total. The highest BCUT2D eigenvalue weighted by Crippen LogP contribution is 2.24. The summed E-state index contributed by atoms with van der Waals surface area (Å²) in [4.78, 5) is 12.4. The lowest BCUT2D eigenvalue weighted by Crippen LogP contribution is -2.14. The molecular formula is C15H14BrClN2O. The summed E-state index contributed by atoms with van der Waals surface area (Å²) < 4.78 is 0.915. The smallest absolute Gasteiger partial charge is 0.257 e. The molecule has 0 aromatic heterocycles. The van der Waals surface area contributed by atoms with Crippen LogP contribution in [0, 0.1) is 6.92 Å². The Morgan fingerprint density at radius 2 is 1.90 bits per heavy atom. The Hall–Kier alpha value is -1.52. The van der Waals surface area contributed by atoms with Crippen molar-refractivity contribution >= 4 is 44.8 Å². The predicted molar refractivity (Wildman–Crippen MR) is 87.8 cm³/mol. The van der Waals surface area contributed by atoms with Crippen LogP contribution < -0.4 is 10.6 Å². The lowest BCUT2D eigenvalue weighted by Gasteiger charge is -2.12. The van der Waals surface area contributed by atoms with Crippen molar-refractivity contribution in [3.8, 4) is 0 Å². The molecule has 20 heavy (non-hydrogen) atoms. The number of aryl methyl sites for hydroxylation is 1. The standard InChI is InChI=1S/C15H14BrClN2O/c1-9-3-4-10(16)7-14(9)19-15(20)12-8-11(17)5-6-13(12)18-2/h3-8,18H,1-2H3,(H,19,20). The molecule has 0 saturated heterocycles. The van der Waals surface area contributed by atoms with Gasteiger partial charge >= 0.3 is 0 Å². The molecule has 0 radical (unpaired) electrons. The number of hydrogen-bond donors (Lipinski definition) is 2. The maximum Gasteiger partial charge on any atom is 0.257 e. The second-order valence-corrected chi connectivity index (χ2v) is 5.71. The summed E-state index contributed by atoms with van der Waals surface area (Å²) in [6.45, 7) is 1.94. The van der Waals surface area contributed by atoms with Crippen molar-refractivity contribution in [3.05, 3.63) is 57.0 Å². The fraction of sp³-hybridized carbons (Fsp3) is 0.133. The Labute approximate surface area is 131 Å². The van der Waals surface area contributed by atoms with Crippen LogP contribution in [0.5, 0.6) is 0 Å². The average molecular weight is 354 g/mol. The molecule has 2 aromatic carbocycles. The van der Waals surface area contributed by atoms with Gasteiger partial charge in [0.1, 0.15) is 0 Å². The fourth-order valence-corrected chi connectivity index (χ4v) is 2.37. The summed E-state index contributed by atoms with van der Waals surface area (Å²) >= 11 is 9.36. The van der Waals surface area contributed by atoms with Crippen LogP contribution in [0.2, 0.25) is 5.02 Å². The Morgan fingerprint density at radius 1 is 1.15 bits per heavy atom. The van der Waals surface area contributed by atoms with Gasteiger partial charge < -0.3 is 10.6 Å². The number of carbonyl (C=O) groups excluding carboxylic acids is 1. The molecule has 2 N–H and O–H groups in total. The van der Waals surface area contributed by atoms with Gasteiger partial charge in [0.05, 0.1) is 5.56 Å². The first-order valence-corrected chi connectivity index (χ1v) is 7.23. The third kappa shape index (κ3) is 3.32. The van der Waals surface area contributed by atoms with E-state index in [9.17, 15) is 4.79 Å². The second kappa shape index (κ2) is 6.29. The van der Waals surface area contributed by atoms with Crippen LogP contribution in [0.25, 0.3) is 0 Å². The number of halogens is 2. The van der Waals surface area contributed by atoms with Gasteiger partial charge in [-0.2, -0.15) is 0 Å². The van der Waals surface area contributed by atoms with Gasteiger partial charge in [-0.15, -0.1) is 0 Å². The molecule has 0 bridgehead atoms. The van der Waals surface area contributed by atoms with Gasteiger partial charge in [0.25, 0.3) is 5.91 Å². The molecule has 2 aromatic rings. The first-order valence-electron chi connectivity index (χ1n) is 6.06. The van der Waals surface area contributed by atoms with Crippen LogP contribution in [0.3, 0.4) is 0 Å². The van der Waals surface area contributed by atoms with E-state index >= 15 is 0 Å². The number of nitrogens with one attached hydrogen (secondary N) is 2. The first-order chi connectivity index (χ1) is 9.51. The predicted octanol–water partition coefficient (Wildman–Crippen LogP) is 4.70. The molecule has 0 aliphatic carbocycles. The summed E-state index contributed by atoms with van der Waals surface area (Å²) in [5.41, 5.74) is 3.01. The number of carbonyl (C=O) groups is 1. The minimum atomic E-state index is -0.196. The third-order valence-corrected chi connectivity index (χ3v) is 3.67. The van der Waals surface area contributed by atoms with Gasteiger partial charge in [-0.1, -0.05) is 33.6 Å². The van der Waals surface area contributed by atoms with E-state index in [1.54, 1.807) is 25.2 Å². The normalized spacial score (nSPS) is 10.2. The number of amides is 1. The van der Waals surface area contributed by atoms with E-state index in [-0.39, 0.29) is 5.91 Å². The van der Waals surface area contributed by atoms with E-state index in [1.165, 1.54) is 0 Å². The van der Waals surface area contributed by atoms with E-state index in [2.05, 4.69) is 26.6 Å². The molecule has 5 heteroatoms. The molecule has 2 rings (SSSR count). The molecule has 0 fully saturated rings. The van der Waals surface area contributed by atoms with Crippen molar-refractivity contribution < 1.29 is 4.79 Å². The zero-order valence-corrected chi connectivity index (χ0v) is 13.5. The summed E-state index contributed by atoms with van der Waals surface area (Å²) in [5.74, 6) is -0.196. The SMILES string of the molecule is CNc1ccc(Cl)cc1C(=O)Nc1cc(Br)ccc1C. The molecule has 0 saturated carbocycles. The van der Waals surface area contributed by atoms with Crippen molar-refractivity contribution in [3.63, 3.8) is 0 Å². The summed E-state index contributed by atoms with van der Waals surface area (Å²) in [6.07, 6.45) is 0. The summed E-state index contributed by atoms with van der Waals surface area (Å²) in [5, 5.41) is 6.42. The van der Waals surface area contributed by atoms with Gasteiger partial charge in [-0.25, -0.2) is 0 Å². The number of anilines is 2. The largest absolute Gasteiger partial charge is 0.387 e. The molecule has 0 aliphatic rings. The molecule has 0 unspecified atom stereocenters. The van der Waals surface area contributed by atoms with Crippen molar-refractivity contribution in [1.82, 2.24) is 0 Å². The van der Waals surface area contributed by atoms with E-state index in [4.69, 9.17) is 11.6 Å². The lowest BCUT2D eigenvalue weighted by molar-refractivity contribution is 0.102. The van der Waals surface area contributed by atoms with Gasteiger partial charge in [0.2, 0.25) is 0 Å². The summed E-state index contributed by atoms with van der Waals surface area (Å²) in [7, 11) is 1.77. The first kappa shape index (κ1) is 14.9. The van der Waals surface area contributed by atoms with E-state index in [0.717, 1.165) is 21.4 Å². The van der Waals surface area contributed by atoms with Crippen molar-refractivity contribution in [2.45, 2.75) is 6.92 Å². The van der Waals surface area contributed by atoms with Gasteiger partial charge in [-0.05, 0) is 42.8 Å². The van der Waals surface area contributed by atoms with Crippen LogP contribution in [-0.2, 0) is 0 Å². The van der Waals surface area contributed by atoms with Gasteiger partial charge in [0.15, 0.2) is 0 Å². The van der Waals surface area contributed by atoms with Gasteiger partial charge in [-0.3, -0.25) is 4.79 Å². The van der Waals surface area contributed by atoms with Crippen LogP contribution in [0.4, 0.5) is 11.4 Å². The van der Waals surface area contributed by atoms with Crippen molar-refractivity contribution in [2.24, 2.45) is 0 Å². The molecule has 104 valence electrons. The zero-order chi connectivity index (χ0) is 14.7. The maximum atomic E-state index is 12.4. The van der Waals surface area contributed by atoms with E-state index < -0.39 is 0 Å². The van der Waals surface area contributed by atoms with Crippen molar-refractivity contribution in [2.75, 3.05) is 17.7 Å². The monoisotopic (exact) mass is 352 g/mol. The quantitative estimate of drug-likeness (QED) is 0.839. The molecule has 0 spiro atoms. The maximum absolute atomic E-state index is 12.4. The molecule has 0 heterocycles. The van der Waals surface area contributed by atoms with E-state index in [0.29, 0.717) is 10.6 Å². The Kier molecular flexibility index (Phi) is 4.68. The Morgan fingerprint density at radius 3 is 2.60 bits per heavy atom. The van der Waals surface area contributed by atoms with Crippen LogP contribution in [-0.4, -0.2) is 13.0 Å². The van der Waals surface area contributed by atoms with Crippen LogP contribution in [0.15, 0.2) is 40.9 Å². The number of benzene rings is 2. The highest BCUT2D eigenvalue weighted by Gasteiger charge is 2.13. The molecule has 0 atom stereocenters. The van der Waals surface area contributed by atoms with Crippen LogP contribution >= 0.6 is 27.5 Å². The number of rotatable bonds is 3. The highest BCUT2D eigenvalue weighted by molar-refractivity contribution is 9.10. The highest BCUT2D eigenvalue weighted by atomic mass is 79.9. The minimum absolute atomic E-state index is 0.196. The Balaban J connectivity index is 2.32. The second-order valence-electron chi connectivity index (χ2n) is 4.35. The topological polar surface area (TPSA) is 41.1 Å². The van der Waals surface area contributed by atoms with Crippen molar-refractivity contribution in [1.29, 1.82) is 0 Å². The molecule has 1 amide bonds. The van der Waals surface area contributed by atoms with Gasteiger partial charge in [0, 0.05) is 27.9 Å². The minimum Gasteiger partial charge on any atom is -0.387 e. The van der Waals surface area contributed by atoms with Crippen LogP contribution in [0.1, 0.15) is 15.9 Å². The third-order valence-electron chi connectivity index (χ3n) is 2.94. The fourth-order valence-electron chi connectivity index (χ4n) is 1.84. The summed E-state index contributed by atoms with van der Waals surface area (Å²) in [6, 6.07) is 10.9. The molecule has 0 aliphatic heterocycles.